The largest absolute Gasteiger partial charge is 0.411 e. The molecule has 0 unspecified atom stereocenters. The van der Waals surface area contributed by atoms with Crippen LogP contribution in [0.15, 0.2) is 48.8 Å². The molecule has 1 aromatic heterocycles. The number of ether oxygens (including phenoxy) is 1. The zero-order chi connectivity index (χ0) is 18.1. The van der Waals surface area contributed by atoms with Gasteiger partial charge in [-0.25, -0.2) is 0 Å². The molecule has 4 nitrogen and oxygen atoms in total. The highest BCUT2D eigenvalue weighted by Crippen LogP contribution is 2.15. The molecule has 0 radical (unpaired) electrons. The van der Waals surface area contributed by atoms with Gasteiger partial charge < -0.3 is 10.1 Å². The predicted octanol–water partition coefficient (Wildman–Crippen LogP) is 3.41. The molecule has 2 rings (SSSR count). The fourth-order valence-electron chi connectivity index (χ4n) is 2.13. The highest BCUT2D eigenvalue weighted by Gasteiger charge is 2.27. The predicted molar refractivity (Wildman–Crippen MR) is 86.6 cm³/mol. The third-order valence-electron chi connectivity index (χ3n) is 3.41. The number of aromatic nitrogens is 1. The van der Waals surface area contributed by atoms with Gasteiger partial charge in [-0.3, -0.25) is 9.78 Å². The highest BCUT2D eigenvalue weighted by atomic mass is 19.4. The highest BCUT2D eigenvalue weighted by molar-refractivity contribution is 5.76. The van der Waals surface area contributed by atoms with Crippen molar-refractivity contribution >= 4 is 5.91 Å². The molecule has 0 aliphatic carbocycles. The summed E-state index contributed by atoms with van der Waals surface area (Å²) in [5.74, 6) is -0.0681. The van der Waals surface area contributed by atoms with Crippen molar-refractivity contribution in [2.24, 2.45) is 0 Å². The molecular weight excluding hydrogens is 333 g/mol. The minimum Gasteiger partial charge on any atom is -0.367 e. The number of alkyl halides is 3. The average Bonchev–Trinajstić information content (AvgIpc) is 2.59. The van der Waals surface area contributed by atoms with Crippen molar-refractivity contribution in [2.45, 2.75) is 32.2 Å². The van der Waals surface area contributed by atoms with E-state index >= 15 is 0 Å². The maximum atomic E-state index is 12.0. The van der Waals surface area contributed by atoms with Gasteiger partial charge in [0, 0.05) is 25.4 Å². The molecule has 1 heterocycles. The fraction of sp³-hybridized carbons (Fsp3) is 0.333. The van der Waals surface area contributed by atoms with Gasteiger partial charge >= 0.3 is 6.18 Å². The first-order chi connectivity index (χ1) is 11.9. The van der Waals surface area contributed by atoms with Crippen molar-refractivity contribution in [3.63, 3.8) is 0 Å². The van der Waals surface area contributed by atoms with Crippen LogP contribution >= 0.6 is 0 Å². The molecule has 0 aliphatic rings. The molecule has 0 spiro atoms. The van der Waals surface area contributed by atoms with Gasteiger partial charge in [0.05, 0.1) is 6.61 Å². The Morgan fingerprint density at radius 3 is 2.44 bits per heavy atom. The summed E-state index contributed by atoms with van der Waals surface area (Å²) in [6.07, 6.45) is 0.0819. The SMILES string of the molecule is O=C(CCc1cccnc1)NCc1ccc(COCC(F)(F)F)cc1. The second kappa shape index (κ2) is 9.17. The Balaban J connectivity index is 1.69. The number of hydrogen-bond acceptors (Lipinski definition) is 3. The number of carbonyl (C=O) groups excluding carboxylic acids is 1. The molecule has 0 saturated heterocycles. The van der Waals surface area contributed by atoms with E-state index in [1.807, 2.05) is 12.1 Å². The molecule has 0 bridgehead atoms. The van der Waals surface area contributed by atoms with Crippen LogP contribution in [0.5, 0.6) is 0 Å². The van der Waals surface area contributed by atoms with Gasteiger partial charge in [0.15, 0.2) is 0 Å². The summed E-state index contributed by atoms with van der Waals surface area (Å²) < 4.78 is 40.6. The van der Waals surface area contributed by atoms with E-state index in [-0.39, 0.29) is 12.5 Å². The minimum atomic E-state index is -4.32. The molecule has 0 fully saturated rings. The Kier molecular flexibility index (Phi) is 6.94. The van der Waals surface area contributed by atoms with Gasteiger partial charge in [0.1, 0.15) is 6.61 Å². The van der Waals surface area contributed by atoms with E-state index < -0.39 is 12.8 Å². The molecule has 1 aromatic carbocycles. The number of pyridine rings is 1. The first-order valence-electron chi connectivity index (χ1n) is 7.80. The molecule has 1 N–H and O–H groups in total. The Labute approximate surface area is 144 Å². The number of amides is 1. The van der Waals surface area contributed by atoms with Crippen LogP contribution in [0, 0.1) is 0 Å². The zero-order valence-electron chi connectivity index (χ0n) is 13.6. The molecule has 134 valence electrons. The van der Waals surface area contributed by atoms with Crippen molar-refractivity contribution in [1.82, 2.24) is 10.3 Å². The van der Waals surface area contributed by atoms with Gasteiger partial charge in [-0.15, -0.1) is 0 Å². The fourth-order valence-corrected chi connectivity index (χ4v) is 2.13. The molecule has 2 aromatic rings. The van der Waals surface area contributed by atoms with Crippen molar-refractivity contribution in [3.8, 4) is 0 Å². The average molecular weight is 352 g/mol. The maximum absolute atomic E-state index is 12.0. The van der Waals surface area contributed by atoms with Gasteiger partial charge in [0.2, 0.25) is 5.91 Å². The quantitative estimate of drug-likeness (QED) is 0.792. The number of hydrogen-bond donors (Lipinski definition) is 1. The molecule has 0 aliphatic heterocycles. The Hall–Kier alpha value is -2.41. The van der Waals surface area contributed by atoms with E-state index in [1.54, 1.807) is 36.7 Å². The topological polar surface area (TPSA) is 51.2 Å². The van der Waals surface area contributed by atoms with E-state index in [0.29, 0.717) is 24.9 Å². The Morgan fingerprint density at radius 1 is 1.08 bits per heavy atom. The molecule has 0 atom stereocenters. The molecule has 25 heavy (non-hydrogen) atoms. The lowest BCUT2D eigenvalue weighted by Gasteiger charge is -2.09. The van der Waals surface area contributed by atoms with Crippen LogP contribution in [0.25, 0.3) is 0 Å². The zero-order valence-corrected chi connectivity index (χ0v) is 13.6. The van der Waals surface area contributed by atoms with Gasteiger partial charge in [-0.2, -0.15) is 13.2 Å². The number of nitrogens with zero attached hydrogens (tertiary/aromatic N) is 1. The summed E-state index contributed by atoms with van der Waals surface area (Å²) in [6, 6.07) is 10.6. The number of nitrogens with one attached hydrogen (secondary N) is 1. The summed E-state index contributed by atoms with van der Waals surface area (Å²) in [5, 5.41) is 2.81. The first kappa shape index (κ1) is 18.9. The number of halogens is 3. The van der Waals surface area contributed by atoms with E-state index in [0.717, 1.165) is 11.1 Å². The lowest BCUT2D eigenvalue weighted by Crippen LogP contribution is -2.23. The minimum absolute atomic E-state index is 0.0681. The second-order valence-electron chi connectivity index (χ2n) is 5.56. The normalized spacial score (nSPS) is 11.3. The van der Waals surface area contributed by atoms with Gasteiger partial charge in [-0.05, 0) is 29.2 Å². The summed E-state index contributed by atoms with van der Waals surface area (Å²) in [7, 11) is 0. The van der Waals surface area contributed by atoms with Crippen molar-refractivity contribution in [2.75, 3.05) is 6.61 Å². The second-order valence-corrected chi connectivity index (χ2v) is 5.56. The standard InChI is InChI=1S/C18H19F3N2O2/c19-18(20,21)13-25-12-16-5-3-15(4-6-16)11-23-17(24)8-7-14-2-1-9-22-10-14/h1-6,9-10H,7-8,11-13H2,(H,23,24). The van der Waals surface area contributed by atoms with Crippen LogP contribution < -0.4 is 5.32 Å². The molecule has 1 amide bonds. The van der Waals surface area contributed by atoms with Crippen LogP contribution in [-0.4, -0.2) is 23.7 Å². The monoisotopic (exact) mass is 352 g/mol. The van der Waals surface area contributed by atoms with Gasteiger partial charge in [0.25, 0.3) is 0 Å². The number of rotatable bonds is 8. The third kappa shape index (κ3) is 7.80. The van der Waals surface area contributed by atoms with Crippen molar-refractivity contribution < 1.29 is 22.7 Å². The van der Waals surface area contributed by atoms with Crippen LogP contribution in [0.4, 0.5) is 13.2 Å². The Morgan fingerprint density at radius 2 is 1.80 bits per heavy atom. The lowest BCUT2D eigenvalue weighted by molar-refractivity contribution is -0.176. The third-order valence-corrected chi connectivity index (χ3v) is 3.41. The van der Waals surface area contributed by atoms with E-state index in [9.17, 15) is 18.0 Å². The maximum Gasteiger partial charge on any atom is 0.411 e. The van der Waals surface area contributed by atoms with Crippen molar-refractivity contribution in [1.29, 1.82) is 0 Å². The van der Waals surface area contributed by atoms with E-state index in [4.69, 9.17) is 0 Å². The number of carbonyl (C=O) groups is 1. The van der Waals surface area contributed by atoms with Crippen LogP contribution in [0.3, 0.4) is 0 Å². The smallest absolute Gasteiger partial charge is 0.367 e. The lowest BCUT2D eigenvalue weighted by atomic mass is 10.1. The van der Waals surface area contributed by atoms with Crippen LogP contribution in [-0.2, 0) is 29.1 Å². The summed E-state index contributed by atoms with van der Waals surface area (Å²) >= 11 is 0. The van der Waals surface area contributed by atoms with E-state index in [2.05, 4.69) is 15.0 Å². The Bertz CT molecular complexity index is 658. The molecular formula is C18H19F3N2O2. The number of aryl methyl sites for hydroxylation is 1. The van der Waals surface area contributed by atoms with Crippen LogP contribution in [0.1, 0.15) is 23.1 Å². The molecule has 0 saturated carbocycles. The molecule has 7 heteroatoms. The van der Waals surface area contributed by atoms with Gasteiger partial charge in [-0.1, -0.05) is 30.3 Å². The van der Waals surface area contributed by atoms with Crippen molar-refractivity contribution in [3.05, 3.63) is 65.5 Å². The van der Waals surface area contributed by atoms with Crippen LogP contribution in [0.2, 0.25) is 0 Å². The summed E-state index contributed by atoms with van der Waals surface area (Å²) in [6.45, 7) is -0.992. The summed E-state index contributed by atoms with van der Waals surface area (Å²) in [4.78, 5) is 15.8. The summed E-state index contributed by atoms with van der Waals surface area (Å²) in [5.41, 5.74) is 2.52. The number of benzene rings is 1. The van der Waals surface area contributed by atoms with E-state index in [1.165, 1.54) is 0 Å². The first-order valence-corrected chi connectivity index (χ1v) is 7.80.